The lowest BCUT2D eigenvalue weighted by atomic mass is 9.98. The molecule has 0 spiro atoms. The molecule has 1 aliphatic carbocycles. The first-order valence-corrected chi connectivity index (χ1v) is 12.3. The third-order valence-electron chi connectivity index (χ3n) is 7.77. The van der Waals surface area contributed by atoms with Crippen molar-refractivity contribution in [3.8, 4) is 11.1 Å². The van der Waals surface area contributed by atoms with Crippen molar-refractivity contribution in [1.29, 1.82) is 0 Å². The Labute approximate surface area is 204 Å². The van der Waals surface area contributed by atoms with E-state index in [0.29, 0.717) is 19.1 Å². The molecule has 0 radical (unpaired) electrons. The van der Waals surface area contributed by atoms with Crippen molar-refractivity contribution in [2.24, 2.45) is 0 Å². The molecule has 184 valence electrons. The Balaban J connectivity index is 1.25. The van der Waals surface area contributed by atoms with Gasteiger partial charge >= 0.3 is 12.1 Å². The van der Waals surface area contributed by atoms with Gasteiger partial charge in [-0.05, 0) is 48.6 Å². The lowest BCUT2D eigenvalue weighted by molar-refractivity contribution is -0.142. The number of ether oxygens (including phenoxy) is 1. The summed E-state index contributed by atoms with van der Waals surface area (Å²) in [4.78, 5) is 41.5. The molecule has 2 amide bonds. The van der Waals surface area contributed by atoms with Crippen molar-refractivity contribution in [2.45, 2.75) is 49.7 Å². The summed E-state index contributed by atoms with van der Waals surface area (Å²) in [7, 11) is 2.08. The van der Waals surface area contributed by atoms with Crippen LogP contribution in [0, 0.1) is 0 Å². The average molecular weight is 478 g/mol. The minimum atomic E-state index is -1.16. The lowest BCUT2D eigenvalue weighted by Crippen LogP contribution is -2.51. The van der Waals surface area contributed by atoms with Crippen LogP contribution in [0.5, 0.6) is 0 Å². The van der Waals surface area contributed by atoms with Gasteiger partial charge in [0, 0.05) is 31.1 Å². The molecule has 0 saturated carbocycles. The minimum Gasteiger partial charge on any atom is -0.481 e. The maximum absolute atomic E-state index is 13.3. The predicted octanol–water partition coefficient (Wildman–Crippen LogP) is 3.06. The summed E-state index contributed by atoms with van der Waals surface area (Å²) in [5.74, 6) is -1.61. The first-order chi connectivity index (χ1) is 16.9. The quantitative estimate of drug-likeness (QED) is 0.664. The fraction of sp³-hybridized carbons (Fsp3) is 0.444. The van der Waals surface area contributed by atoms with E-state index in [1.807, 2.05) is 36.4 Å². The summed E-state index contributed by atoms with van der Waals surface area (Å²) in [6.07, 6.45) is 1.74. The van der Waals surface area contributed by atoms with Crippen LogP contribution in [0.4, 0.5) is 4.79 Å². The van der Waals surface area contributed by atoms with E-state index in [-0.39, 0.29) is 24.5 Å². The normalized spacial score (nSPS) is 22.1. The van der Waals surface area contributed by atoms with Crippen molar-refractivity contribution in [3.05, 3.63) is 59.7 Å². The number of fused-ring (bicyclic) bond motifs is 5. The van der Waals surface area contributed by atoms with Gasteiger partial charge in [-0.1, -0.05) is 48.5 Å². The molecule has 2 aromatic carbocycles. The number of rotatable bonds is 6. The number of carboxylic acids is 1. The smallest absolute Gasteiger partial charge is 0.407 e. The van der Waals surface area contributed by atoms with Crippen molar-refractivity contribution in [3.63, 3.8) is 0 Å². The fourth-order valence-corrected chi connectivity index (χ4v) is 5.89. The summed E-state index contributed by atoms with van der Waals surface area (Å²) in [5.41, 5.74) is 4.42. The second kappa shape index (κ2) is 9.70. The third-order valence-corrected chi connectivity index (χ3v) is 7.77. The maximum atomic E-state index is 13.3. The van der Waals surface area contributed by atoms with Crippen molar-refractivity contribution in [1.82, 2.24) is 15.1 Å². The van der Waals surface area contributed by atoms with Gasteiger partial charge < -0.3 is 20.1 Å². The zero-order valence-corrected chi connectivity index (χ0v) is 19.9. The number of amides is 2. The van der Waals surface area contributed by atoms with Crippen molar-refractivity contribution >= 4 is 18.0 Å². The molecular formula is C27H31N3O5. The number of carbonyl (C=O) groups is 3. The first kappa shape index (κ1) is 23.4. The Morgan fingerprint density at radius 3 is 2.29 bits per heavy atom. The molecule has 5 rings (SSSR count). The molecule has 2 saturated heterocycles. The van der Waals surface area contributed by atoms with Gasteiger partial charge in [-0.3, -0.25) is 14.5 Å². The molecule has 3 aliphatic rings. The van der Waals surface area contributed by atoms with E-state index in [9.17, 15) is 19.5 Å². The molecule has 2 heterocycles. The topological polar surface area (TPSA) is 99.2 Å². The highest BCUT2D eigenvalue weighted by Gasteiger charge is 2.38. The second-order valence-corrected chi connectivity index (χ2v) is 9.74. The molecule has 2 N–H and O–H groups in total. The minimum absolute atomic E-state index is 0.103. The second-order valence-electron chi connectivity index (χ2n) is 9.74. The molecule has 2 bridgehead atoms. The van der Waals surface area contributed by atoms with E-state index in [4.69, 9.17) is 4.74 Å². The van der Waals surface area contributed by atoms with Crippen molar-refractivity contribution in [2.75, 3.05) is 26.7 Å². The highest BCUT2D eigenvalue weighted by Crippen LogP contribution is 2.44. The number of likely N-dealkylation sites (N-methyl/N-ethyl adjacent to an activating group) is 1. The van der Waals surface area contributed by atoms with Crippen LogP contribution in [-0.2, 0) is 14.3 Å². The molecule has 3 atom stereocenters. The number of hydrogen-bond acceptors (Lipinski definition) is 5. The van der Waals surface area contributed by atoms with Crippen LogP contribution in [0.2, 0.25) is 0 Å². The number of alkyl carbamates (subject to hydrolysis) is 1. The molecule has 35 heavy (non-hydrogen) atoms. The molecule has 8 nitrogen and oxygen atoms in total. The van der Waals surface area contributed by atoms with Gasteiger partial charge in [0.1, 0.15) is 12.6 Å². The van der Waals surface area contributed by atoms with Crippen LogP contribution in [-0.4, -0.2) is 77.7 Å². The number of hydrogen-bond donors (Lipinski definition) is 2. The summed E-state index contributed by atoms with van der Waals surface area (Å²) in [6, 6.07) is 15.6. The van der Waals surface area contributed by atoms with Crippen molar-refractivity contribution < 1.29 is 24.2 Å². The third kappa shape index (κ3) is 4.62. The number of carbonyl (C=O) groups excluding carboxylic acids is 2. The lowest BCUT2D eigenvalue weighted by Gasteiger charge is -2.29. The Hall–Kier alpha value is -3.39. The van der Waals surface area contributed by atoms with Crippen LogP contribution in [0.25, 0.3) is 11.1 Å². The largest absolute Gasteiger partial charge is 0.481 e. The summed E-state index contributed by atoms with van der Waals surface area (Å²) >= 11 is 0. The zero-order valence-electron chi connectivity index (χ0n) is 19.9. The monoisotopic (exact) mass is 477 g/mol. The van der Waals surface area contributed by atoms with E-state index >= 15 is 0 Å². The van der Waals surface area contributed by atoms with Gasteiger partial charge in [0.25, 0.3) is 0 Å². The molecular weight excluding hydrogens is 446 g/mol. The van der Waals surface area contributed by atoms with Gasteiger partial charge in [-0.2, -0.15) is 0 Å². The zero-order chi connectivity index (χ0) is 24.5. The van der Waals surface area contributed by atoms with Crippen LogP contribution in [0.15, 0.2) is 48.5 Å². The molecule has 2 aromatic rings. The fourth-order valence-electron chi connectivity index (χ4n) is 5.89. The van der Waals surface area contributed by atoms with E-state index in [0.717, 1.165) is 41.5 Å². The Morgan fingerprint density at radius 1 is 1.00 bits per heavy atom. The van der Waals surface area contributed by atoms with Crippen LogP contribution < -0.4 is 5.32 Å². The van der Waals surface area contributed by atoms with E-state index in [1.54, 1.807) is 4.90 Å². The summed E-state index contributed by atoms with van der Waals surface area (Å²) in [5, 5.41) is 11.9. The van der Waals surface area contributed by atoms with E-state index in [2.05, 4.69) is 29.4 Å². The van der Waals surface area contributed by atoms with Crippen LogP contribution in [0.1, 0.15) is 42.7 Å². The highest BCUT2D eigenvalue weighted by molar-refractivity contribution is 5.89. The molecule has 3 unspecified atom stereocenters. The van der Waals surface area contributed by atoms with Crippen LogP contribution >= 0.6 is 0 Å². The molecule has 0 aromatic heterocycles. The van der Waals surface area contributed by atoms with E-state index in [1.165, 1.54) is 0 Å². The van der Waals surface area contributed by atoms with E-state index < -0.39 is 24.5 Å². The molecule has 2 fully saturated rings. The van der Waals surface area contributed by atoms with Gasteiger partial charge in [0.2, 0.25) is 5.91 Å². The Bertz CT molecular complexity index is 1090. The number of likely N-dealkylation sites (tertiary alicyclic amines) is 1. The number of nitrogens with one attached hydrogen (secondary N) is 1. The summed E-state index contributed by atoms with van der Waals surface area (Å²) < 4.78 is 5.56. The summed E-state index contributed by atoms with van der Waals surface area (Å²) in [6.45, 7) is 1.22. The average Bonchev–Trinajstić information content (AvgIpc) is 3.29. The Kier molecular flexibility index (Phi) is 6.47. The van der Waals surface area contributed by atoms with Gasteiger partial charge in [0.15, 0.2) is 0 Å². The number of benzene rings is 2. The SMILES string of the molecule is CN1C2CCC1CN(C(=O)C(CC(=O)O)NC(=O)OCC1c3ccccc3-c3ccccc31)CC2. The van der Waals surface area contributed by atoms with Crippen LogP contribution in [0.3, 0.4) is 0 Å². The Morgan fingerprint density at radius 2 is 1.63 bits per heavy atom. The number of aliphatic carboxylic acids is 1. The predicted molar refractivity (Wildman–Crippen MR) is 130 cm³/mol. The van der Waals surface area contributed by atoms with Gasteiger partial charge in [0.05, 0.1) is 6.42 Å². The maximum Gasteiger partial charge on any atom is 0.407 e. The van der Waals surface area contributed by atoms with Gasteiger partial charge in [-0.15, -0.1) is 0 Å². The molecule has 2 aliphatic heterocycles. The number of carboxylic acid groups (broad SMARTS) is 1. The highest BCUT2D eigenvalue weighted by atomic mass is 16.5. The standard InChI is InChI=1S/C27H31N3O5/c1-29-17-10-11-18(29)15-30(13-12-17)26(33)24(14-25(31)32)28-27(34)35-16-23-21-8-4-2-6-19(21)20-7-3-5-9-22(20)23/h2-9,17-18,23-24H,10-16H2,1H3,(H,28,34)(H,31,32). The molecule has 8 heteroatoms. The number of nitrogens with zero attached hydrogens (tertiary/aromatic N) is 2. The first-order valence-electron chi connectivity index (χ1n) is 12.3. The van der Waals surface area contributed by atoms with Gasteiger partial charge in [-0.25, -0.2) is 4.79 Å².